The quantitative estimate of drug-likeness (QED) is 0.762. The molecule has 0 unspecified atom stereocenters. The number of hydrogen-bond donors (Lipinski definition) is 0. The van der Waals surface area contributed by atoms with Gasteiger partial charge in [0.05, 0.1) is 24.9 Å². The van der Waals surface area contributed by atoms with Gasteiger partial charge in [-0.3, -0.25) is 9.69 Å². The fraction of sp³-hybridized carbons (Fsp3) is 0.688. The minimum Gasteiger partial charge on any atom is -0.369 e. The number of hydrogen-bond acceptors (Lipinski definition) is 6. The van der Waals surface area contributed by atoms with Gasteiger partial charge in [-0.25, -0.2) is 9.97 Å². The van der Waals surface area contributed by atoms with Crippen molar-refractivity contribution in [1.82, 2.24) is 19.8 Å². The van der Waals surface area contributed by atoms with Crippen LogP contribution in [0, 0.1) is 0 Å². The number of morpholine rings is 1. The van der Waals surface area contributed by atoms with Gasteiger partial charge in [0.15, 0.2) is 0 Å². The number of likely N-dealkylation sites (N-methyl/N-ethyl adjacent to an activating group) is 1. The van der Waals surface area contributed by atoms with Gasteiger partial charge in [-0.2, -0.15) is 0 Å². The van der Waals surface area contributed by atoms with Gasteiger partial charge in [0.25, 0.3) is 0 Å². The molecular weight excluding hydrogens is 296 g/mol. The first kappa shape index (κ1) is 17.8. The summed E-state index contributed by atoms with van der Waals surface area (Å²) >= 11 is 0. The minimum absolute atomic E-state index is 0.0467. The molecule has 1 saturated heterocycles. The molecule has 1 amide bonds. The largest absolute Gasteiger partial charge is 0.369 e. The van der Waals surface area contributed by atoms with Crippen molar-refractivity contribution in [2.45, 2.75) is 32.1 Å². The van der Waals surface area contributed by atoms with Crippen LogP contribution in [0.2, 0.25) is 0 Å². The van der Waals surface area contributed by atoms with Crippen LogP contribution < -0.4 is 0 Å². The molecule has 1 aromatic rings. The highest BCUT2D eigenvalue weighted by Gasteiger charge is 2.33. The lowest BCUT2D eigenvalue weighted by molar-refractivity contribution is -0.161. The Bertz CT molecular complexity index is 507. The molecule has 0 spiro atoms. The van der Waals surface area contributed by atoms with Gasteiger partial charge in [0.2, 0.25) is 5.91 Å². The third kappa shape index (κ3) is 5.85. The second-order valence-corrected chi connectivity index (χ2v) is 6.64. The Hall–Kier alpha value is -1.57. The van der Waals surface area contributed by atoms with Crippen LogP contribution in [0.3, 0.4) is 0 Å². The lowest BCUT2D eigenvalue weighted by atomic mass is 10.1. The van der Waals surface area contributed by atoms with Crippen LogP contribution in [0.4, 0.5) is 0 Å². The molecule has 2 heterocycles. The Morgan fingerprint density at radius 1 is 1.43 bits per heavy atom. The van der Waals surface area contributed by atoms with Crippen LogP contribution in [-0.4, -0.2) is 77.8 Å². The third-order valence-electron chi connectivity index (χ3n) is 3.56. The van der Waals surface area contributed by atoms with E-state index in [0.717, 1.165) is 18.9 Å². The lowest BCUT2D eigenvalue weighted by Crippen LogP contribution is -2.53. The number of carbonyl (C=O) groups is 1. The van der Waals surface area contributed by atoms with Gasteiger partial charge < -0.3 is 14.4 Å². The number of carbonyl (C=O) groups excluding carboxylic acids is 1. The highest BCUT2D eigenvalue weighted by molar-refractivity contribution is 5.76. The molecule has 128 valence electrons. The van der Waals surface area contributed by atoms with Gasteiger partial charge in [0, 0.05) is 39.6 Å². The maximum absolute atomic E-state index is 11.6. The highest BCUT2D eigenvalue weighted by Crippen LogP contribution is 2.22. The van der Waals surface area contributed by atoms with Crippen LogP contribution in [0.15, 0.2) is 18.5 Å². The van der Waals surface area contributed by atoms with E-state index in [0.29, 0.717) is 13.2 Å². The Morgan fingerprint density at radius 3 is 2.78 bits per heavy atom. The van der Waals surface area contributed by atoms with E-state index < -0.39 is 0 Å². The Labute approximate surface area is 137 Å². The standard InChI is InChI=1S/C16H26N4O3/c1-16(2)12-20(9-14-17-6-5-7-18-14)8-13(23-16)10-22-11-15(21)19(3)4/h5-7,13H,8-12H2,1-4H3/t13-/m0/s1. The van der Waals surface area contributed by atoms with Crippen molar-refractivity contribution >= 4 is 5.91 Å². The number of nitrogens with zero attached hydrogens (tertiary/aromatic N) is 4. The average molecular weight is 322 g/mol. The molecule has 1 aromatic heterocycles. The highest BCUT2D eigenvalue weighted by atomic mass is 16.5. The van der Waals surface area contributed by atoms with Crippen LogP contribution >= 0.6 is 0 Å². The molecule has 2 rings (SSSR count). The van der Waals surface area contributed by atoms with Crippen molar-refractivity contribution in [3.8, 4) is 0 Å². The van der Waals surface area contributed by atoms with Crippen LogP contribution in [0.1, 0.15) is 19.7 Å². The van der Waals surface area contributed by atoms with Gasteiger partial charge in [0.1, 0.15) is 12.4 Å². The van der Waals surface area contributed by atoms with Crippen molar-refractivity contribution < 1.29 is 14.3 Å². The zero-order valence-electron chi connectivity index (χ0n) is 14.4. The molecule has 7 heteroatoms. The summed E-state index contributed by atoms with van der Waals surface area (Å²) in [6.07, 6.45) is 3.43. The zero-order valence-corrected chi connectivity index (χ0v) is 14.4. The molecule has 0 bridgehead atoms. The molecule has 0 saturated carbocycles. The Balaban J connectivity index is 1.87. The predicted molar refractivity (Wildman–Crippen MR) is 85.8 cm³/mol. The Kier molecular flexibility index (Phi) is 6.04. The minimum atomic E-state index is -0.271. The zero-order chi connectivity index (χ0) is 16.9. The molecule has 1 aliphatic rings. The smallest absolute Gasteiger partial charge is 0.248 e. The molecule has 0 N–H and O–H groups in total. The molecule has 0 aliphatic carbocycles. The van der Waals surface area contributed by atoms with Gasteiger partial charge in [-0.1, -0.05) is 0 Å². The summed E-state index contributed by atoms with van der Waals surface area (Å²) in [5.74, 6) is 0.752. The number of ether oxygens (including phenoxy) is 2. The average Bonchev–Trinajstić information content (AvgIpc) is 2.46. The summed E-state index contributed by atoms with van der Waals surface area (Å²) < 4.78 is 11.6. The van der Waals surface area contributed by atoms with Crippen LogP contribution in [0.5, 0.6) is 0 Å². The second-order valence-electron chi connectivity index (χ2n) is 6.64. The third-order valence-corrected chi connectivity index (χ3v) is 3.56. The van der Waals surface area contributed by atoms with Crippen molar-refractivity contribution in [2.24, 2.45) is 0 Å². The summed E-state index contributed by atoms with van der Waals surface area (Å²) in [4.78, 5) is 23.9. The van der Waals surface area contributed by atoms with Crippen molar-refractivity contribution in [3.05, 3.63) is 24.3 Å². The number of aromatic nitrogens is 2. The molecule has 1 fully saturated rings. The summed E-state index contributed by atoms with van der Waals surface area (Å²) in [5, 5.41) is 0. The fourth-order valence-electron chi connectivity index (χ4n) is 2.64. The number of rotatable bonds is 6. The van der Waals surface area contributed by atoms with Gasteiger partial charge in [-0.15, -0.1) is 0 Å². The lowest BCUT2D eigenvalue weighted by Gasteiger charge is -2.42. The SMILES string of the molecule is CN(C)C(=O)COC[C@@H]1CN(Cc2ncccn2)CC(C)(C)O1. The van der Waals surface area contributed by atoms with Crippen molar-refractivity contribution in [1.29, 1.82) is 0 Å². The topological polar surface area (TPSA) is 67.8 Å². The first-order chi connectivity index (χ1) is 10.9. The summed E-state index contributed by atoms with van der Waals surface area (Å²) in [7, 11) is 3.43. The van der Waals surface area contributed by atoms with Gasteiger partial charge in [-0.05, 0) is 19.9 Å². The molecular formula is C16H26N4O3. The van der Waals surface area contributed by atoms with E-state index in [1.165, 1.54) is 4.90 Å². The maximum atomic E-state index is 11.6. The first-order valence-corrected chi connectivity index (χ1v) is 7.80. The van der Waals surface area contributed by atoms with E-state index in [4.69, 9.17) is 9.47 Å². The van der Waals surface area contributed by atoms with E-state index in [1.807, 2.05) is 6.07 Å². The monoisotopic (exact) mass is 322 g/mol. The molecule has 1 aliphatic heterocycles. The second kappa shape index (κ2) is 7.81. The molecule has 0 radical (unpaired) electrons. The molecule has 1 atom stereocenters. The van der Waals surface area contributed by atoms with E-state index in [9.17, 15) is 4.79 Å². The van der Waals surface area contributed by atoms with E-state index in [-0.39, 0.29) is 24.2 Å². The summed E-state index contributed by atoms with van der Waals surface area (Å²) in [6, 6.07) is 1.81. The Morgan fingerprint density at radius 2 is 2.13 bits per heavy atom. The molecule has 23 heavy (non-hydrogen) atoms. The maximum Gasteiger partial charge on any atom is 0.248 e. The first-order valence-electron chi connectivity index (χ1n) is 7.80. The summed E-state index contributed by atoms with van der Waals surface area (Å²) in [5.41, 5.74) is -0.271. The van der Waals surface area contributed by atoms with E-state index in [1.54, 1.807) is 26.5 Å². The van der Waals surface area contributed by atoms with Crippen LogP contribution in [-0.2, 0) is 20.8 Å². The summed E-state index contributed by atoms with van der Waals surface area (Å²) in [6.45, 7) is 6.81. The number of amides is 1. The molecule has 7 nitrogen and oxygen atoms in total. The normalized spacial score (nSPS) is 21.1. The van der Waals surface area contributed by atoms with Crippen molar-refractivity contribution in [2.75, 3.05) is 40.4 Å². The van der Waals surface area contributed by atoms with Gasteiger partial charge >= 0.3 is 0 Å². The molecule has 0 aromatic carbocycles. The van der Waals surface area contributed by atoms with Crippen molar-refractivity contribution in [3.63, 3.8) is 0 Å². The van der Waals surface area contributed by atoms with Crippen LogP contribution in [0.25, 0.3) is 0 Å². The van der Waals surface area contributed by atoms with E-state index in [2.05, 4.69) is 28.7 Å². The van der Waals surface area contributed by atoms with E-state index >= 15 is 0 Å². The fourth-order valence-corrected chi connectivity index (χ4v) is 2.64. The predicted octanol–water partition coefficient (Wildman–Crippen LogP) is 0.561.